The molecule has 0 aromatic heterocycles. The lowest BCUT2D eigenvalue weighted by Gasteiger charge is -2.35. The van der Waals surface area contributed by atoms with Crippen LogP contribution in [0.25, 0.3) is 0 Å². The Balaban J connectivity index is 2.51. The zero-order chi connectivity index (χ0) is 12.5. The maximum Gasteiger partial charge on any atom is 0.167 e. The number of ether oxygens (including phenoxy) is 1. The van der Waals surface area contributed by atoms with Crippen molar-refractivity contribution < 1.29 is 13.5 Å². The molecule has 0 heterocycles. The van der Waals surface area contributed by atoms with Crippen molar-refractivity contribution in [2.75, 3.05) is 7.11 Å². The summed E-state index contributed by atoms with van der Waals surface area (Å²) in [4.78, 5) is 0. The van der Waals surface area contributed by atoms with Crippen LogP contribution < -0.4 is 10.5 Å². The zero-order valence-corrected chi connectivity index (χ0v) is 9.93. The van der Waals surface area contributed by atoms with Crippen LogP contribution >= 0.6 is 0 Å². The van der Waals surface area contributed by atoms with Gasteiger partial charge in [0.15, 0.2) is 11.6 Å². The maximum atomic E-state index is 13.9. The summed E-state index contributed by atoms with van der Waals surface area (Å²) in [5.41, 5.74) is 5.64. The highest BCUT2D eigenvalue weighted by molar-refractivity contribution is 5.41. The van der Waals surface area contributed by atoms with E-state index in [2.05, 4.69) is 0 Å². The lowest BCUT2D eigenvalue weighted by Crippen LogP contribution is -2.40. The summed E-state index contributed by atoms with van der Waals surface area (Å²) >= 11 is 0. The summed E-state index contributed by atoms with van der Waals surface area (Å²) in [6.07, 6.45) is 4.32. The molecule has 1 aromatic rings. The molecular weight excluding hydrogens is 224 g/mol. The van der Waals surface area contributed by atoms with Gasteiger partial charge in [-0.15, -0.1) is 0 Å². The number of methoxy groups -OCH3 is 1. The Kier molecular flexibility index (Phi) is 3.33. The van der Waals surface area contributed by atoms with Gasteiger partial charge in [0, 0.05) is 5.54 Å². The summed E-state index contributed by atoms with van der Waals surface area (Å²) in [5.74, 6) is -1.39. The lowest BCUT2D eigenvalue weighted by atomic mass is 9.77. The number of benzene rings is 1. The quantitative estimate of drug-likeness (QED) is 0.863. The topological polar surface area (TPSA) is 35.2 Å². The van der Waals surface area contributed by atoms with Crippen molar-refractivity contribution >= 4 is 0 Å². The molecule has 0 radical (unpaired) electrons. The first-order chi connectivity index (χ1) is 8.08. The van der Waals surface area contributed by atoms with Gasteiger partial charge in [-0.25, -0.2) is 8.78 Å². The van der Waals surface area contributed by atoms with Crippen molar-refractivity contribution in [3.63, 3.8) is 0 Å². The Morgan fingerprint density at radius 3 is 2.41 bits per heavy atom. The molecule has 1 fully saturated rings. The van der Waals surface area contributed by atoms with Gasteiger partial charge in [0.1, 0.15) is 5.75 Å². The molecule has 0 aliphatic heterocycles. The van der Waals surface area contributed by atoms with Crippen molar-refractivity contribution in [2.24, 2.45) is 5.73 Å². The number of rotatable bonds is 2. The first kappa shape index (κ1) is 12.3. The molecule has 0 spiro atoms. The van der Waals surface area contributed by atoms with E-state index in [9.17, 15) is 8.78 Å². The van der Waals surface area contributed by atoms with Gasteiger partial charge in [0.05, 0.1) is 12.7 Å². The molecule has 0 unspecified atom stereocenters. The first-order valence-electron chi connectivity index (χ1n) is 5.90. The Morgan fingerprint density at radius 2 is 1.82 bits per heavy atom. The van der Waals surface area contributed by atoms with Gasteiger partial charge < -0.3 is 10.5 Å². The van der Waals surface area contributed by atoms with Crippen molar-refractivity contribution in [1.82, 2.24) is 0 Å². The number of hydrogen-bond acceptors (Lipinski definition) is 2. The van der Waals surface area contributed by atoms with Crippen LogP contribution in [0.15, 0.2) is 12.1 Å². The van der Waals surface area contributed by atoms with Crippen LogP contribution in [-0.2, 0) is 5.54 Å². The normalized spacial score (nSPS) is 19.1. The van der Waals surface area contributed by atoms with Gasteiger partial charge in [-0.1, -0.05) is 19.3 Å². The minimum atomic E-state index is -0.867. The third-order valence-electron chi connectivity index (χ3n) is 3.52. The number of nitrogens with two attached hydrogens (primary N) is 1. The Bertz CT molecular complexity index is 414. The highest BCUT2D eigenvalue weighted by Crippen LogP contribution is 2.41. The Hall–Kier alpha value is -1.16. The van der Waals surface area contributed by atoms with Crippen LogP contribution in [0, 0.1) is 11.6 Å². The van der Waals surface area contributed by atoms with Gasteiger partial charge in [-0.05, 0) is 25.0 Å². The Morgan fingerprint density at radius 1 is 1.18 bits per heavy atom. The Labute approximate surface area is 99.8 Å². The fourth-order valence-corrected chi connectivity index (χ4v) is 2.60. The van der Waals surface area contributed by atoms with Gasteiger partial charge in [0.25, 0.3) is 0 Å². The standard InChI is InChI=1S/C13H17F2NO/c1-17-10-6-5-9(14)12(15)11(10)13(16)7-3-2-4-8-13/h5-6H,2-4,7-8,16H2,1H3. The molecule has 0 atom stereocenters. The molecule has 1 aliphatic rings. The number of halogens is 2. The molecule has 0 saturated heterocycles. The molecular formula is C13H17F2NO. The monoisotopic (exact) mass is 241 g/mol. The van der Waals surface area contributed by atoms with Gasteiger partial charge in [-0.2, -0.15) is 0 Å². The first-order valence-corrected chi connectivity index (χ1v) is 5.90. The second-order valence-corrected chi connectivity index (χ2v) is 4.66. The molecule has 4 heteroatoms. The van der Waals surface area contributed by atoms with Crippen molar-refractivity contribution in [3.05, 3.63) is 29.3 Å². The largest absolute Gasteiger partial charge is 0.496 e. The highest BCUT2D eigenvalue weighted by Gasteiger charge is 2.35. The minimum absolute atomic E-state index is 0.194. The van der Waals surface area contributed by atoms with E-state index in [1.807, 2.05) is 0 Å². The van der Waals surface area contributed by atoms with Crippen LogP contribution in [0.3, 0.4) is 0 Å². The predicted molar refractivity (Wildman–Crippen MR) is 61.9 cm³/mol. The average Bonchev–Trinajstić information content (AvgIpc) is 2.33. The van der Waals surface area contributed by atoms with Crippen molar-refractivity contribution in [3.8, 4) is 5.75 Å². The third kappa shape index (κ3) is 2.14. The highest BCUT2D eigenvalue weighted by atomic mass is 19.2. The molecule has 1 saturated carbocycles. The van der Waals surface area contributed by atoms with E-state index >= 15 is 0 Å². The summed E-state index contributed by atoms with van der Waals surface area (Å²) in [5, 5.41) is 0. The van der Waals surface area contributed by atoms with Crippen molar-refractivity contribution in [2.45, 2.75) is 37.6 Å². The van der Waals surface area contributed by atoms with Crippen molar-refractivity contribution in [1.29, 1.82) is 0 Å². The average molecular weight is 241 g/mol. The fraction of sp³-hybridized carbons (Fsp3) is 0.538. The SMILES string of the molecule is COc1ccc(F)c(F)c1C1(N)CCCCC1. The molecule has 2 rings (SSSR count). The maximum absolute atomic E-state index is 13.9. The van der Waals surface area contributed by atoms with E-state index in [-0.39, 0.29) is 5.56 Å². The van der Waals surface area contributed by atoms with Crippen LogP contribution in [0.2, 0.25) is 0 Å². The molecule has 2 nitrogen and oxygen atoms in total. The predicted octanol–water partition coefficient (Wildman–Crippen LogP) is 3.09. The molecule has 17 heavy (non-hydrogen) atoms. The summed E-state index contributed by atoms with van der Waals surface area (Å²) in [6, 6.07) is 2.51. The lowest BCUT2D eigenvalue weighted by molar-refractivity contribution is 0.275. The van der Waals surface area contributed by atoms with E-state index < -0.39 is 17.2 Å². The van der Waals surface area contributed by atoms with Gasteiger partial charge in [-0.3, -0.25) is 0 Å². The second kappa shape index (κ2) is 4.61. The van der Waals surface area contributed by atoms with Crippen LogP contribution in [0.1, 0.15) is 37.7 Å². The molecule has 0 amide bonds. The third-order valence-corrected chi connectivity index (χ3v) is 3.52. The van der Waals surface area contributed by atoms with E-state index in [4.69, 9.17) is 10.5 Å². The van der Waals surface area contributed by atoms with Gasteiger partial charge >= 0.3 is 0 Å². The van der Waals surface area contributed by atoms with Crippen LogP contribution in [0.5, 0.6) is 5.75 Å². The van der Waals surface area contributed by atoms with E-state index in [1.165, 1.54) is 13.2 Å². The van der Waals surface area contributed by atoms with E-state index in [1.54, 1.807) is 0 Å². The summed E-state index contributed by atoms with van der Waals surface area (Å²) in [7, 11) is 1.45. The van der Waals surface area contributed by atoms with E-state index in [0.29, 0.717) is 18.6 Å². The zero-order valence-electron chi connectivity index (χ0n) is 9.93. The molecule has 0 bridgehead atoms. The minimum Gasteiger partial charge on any atom is -0.496 e. The molecule has 1 aromatic carbocycles. The summed E-state index contributed by atoms with van der Waals surface area (Å²) < 4.78 is 32.4. The molecule has 1 aliphatic carbocycles. The van der Waals surface area contributed by atoms with Crippen LogP contribution in [-0.4, -0.2) is 7.11 Å². The fourth-order valence-electron chi connectivity index (χ4n) is 2.60. The smallest absolute Gasteiger partial charge is 0.167 e. The second-order valence-electron chi connectivity index (χ2n) is 4.66. The van der Waals surface area contributed by atoms with E-state index in [0.717, 1.165) is 25.3 Å². The molecule has 2 N–H and O–H groups in total. The number of hydrogen-bond donors (Lipinski definition) is 1. The van der Waals surface area contributed by atoms with Crippen LogP contribution in [0.4, 0.5) is 8.78 Å². The molecule has 94 valence electrons. The summed E-state index contributed by atoms with van der Waals surface area (Å²) in [6.45, 7) is 0. The van der Waals surface area contributed by atoms with Gasteiger partial charge in [0.2, 0.25) is 0 Å².